The summed E-state index contributed by atoms with van der Waals surface area (Å²) in [6.45, 7) is 0. The summed E-state index contributed by atoms with van der Waals surface area (Å²) in [4.78, 5) is 7.52. The number of thioether (sulfide) groups is 1. The van der Waals surface area contributed by atoms with Crippen LogP contribution in [0.1, 0.15) is 11.3 Å². The lowest BCUT2D eigenvalue weighted by Crippen LogP contribution is -1.81. The molecule has 1 heterocycles. The van der Waals surface area contributed by atoms with Crippen molar-refractivity contribution in [3.8, 4) is 0 Å². The highest BCUT2D eigenvalue weighted by molar-refractivity contribution is 9.08. The number of alkyl halides is 1. The lowest BCUT2D eigenvalue weighted by molar-refractivity contribution is 1.04. The average molecular weight is 283 g/mol. The Morgan fingerprint density at radius 1 is 1.27 bits per heavy atom. The lowest BCUT2D eigenvalue weighted by atomic mass is 10.2. The molecule has 0 unspecified atom stereocenters. The summed E-state index contributed by atoms with van der Waals surface area (Å²) in [5.74, 6) is 0.954. The Morgan fingerprint density at radius 3 is 2.73 bits per heavy atom. The molecule has 2 rings (SSSR count). The molecule has 2 aromatic rings. The molecule has 0 amide bonds. The van der Waals surface area contributed by atoms with Gasteiger partial charge in [-0.05, 0) is 5.56 Å². The number of H-pyrrole nitrogens is 1. The van der Waals surface area contributed by atoms with Crippen molar-refractivity contribution >= 4 is 27.7 Å². The molecule has 0 saturated heterocycles. The van der Waals surface area contributed by atoms with Gasteiger partial charge in [0.2, 0.25) is 0 Å². The van der Waals surface area contributed by atoms with Crippen molar-refractivity contribution in [3.63, 3.8) is 0 Å². The van der Waals surface area contributed by atoms with Gasteiger partial charge < -0.3 is 4.98 Å². The Morgan fingerprint density at radius 2 is 2.07 bits per heavy atom. The van der Waals surface area contributed by atoms with E-state index in [9.17, 15) is 0 Å². The third-order valence-corrected chi connectivity index (χ3v) is 3.53. The van der Waals surface area contributed by atoms with Crippen molar-refractivity contribution in [3.05, 3.63) is 47.8 Å². The Balaban J connectivity index is 1.93. The van der Waals surface area contributed by atoms with Gasteiger partial charge in [0.15, 0.2) is 5.16 Å². The van der Waals surface area contributed by atoms with Crippen LogP contribution in [0.5, 0.6) is 0 Å². The van der Waals surface area contributed by atoms with E-state index in [0.29, 0.717) is 0 Å². The molecule has 0 saturated carbocycles. The zero-order valence-electron chi connectivity index (χ0n) is 8.11. The summed E-state index contributed by atoms with van der Waals surface area (Å²) in [5, 5.41) is 1.81. The monoisotopic (exact) mass is 282 g/mol. The predicted octanol–water partition coefficient (Wildman–Crippen LogP) is 3.60. The Kier molecular flexibility index (Phi) is 3.86. The van der Waals surface area contributed by atoms with Gasteiger partial charge in [-0.1, -0.05) is 58.0 Å². The van der Waals surface area contributed by atoms with E-state index < -0.39 is 0 Å². The number of hydrogen-bond donors (Lipinski definition) is 1. The molecule has 0 fully saturated rings. The van der Waals surface area contributed by atoms with Crippen molar-refractivity contribution in [1.82, 2.24) is 9.97 Å². The summed E-state index contributed by atoms with van der Waals surface area (Å²) in [7, 11) is 0. The maximum absolute atomic E-state index is 4.28. The zero-order valence-corrected chi connectivity index (χ0v) is 10.5. The van der Waals surface area contributed by atoms with E-state index in [1.165, 1.54) is 5.56 Å². The molecular weight excluding hydrogens is 272 g/mol. The summed E-state index contributed by atoms with van der Waals surface area (Å²) in [6.07, 6.45) is 1.86. The zero-order chi connectivity index (χ0) is 10.5. The number of hydrogen-bond acceptors (Lipinski definition) is 2. The molecule has 0 bridgehead atoms. The Labute approximate surface area is 102 Å². The van der Waals surface area contributed by atoms with E-state index in [4.69, 9.17) is 0 Å². The normalized spacial score (nSPS) is 10.5. The standard InChI is InChI=1S/C11H11BrN2S/c12-6-10-7-13-11(14-10)15-8-9-4-2-1-3-5-9/h1-5,7H,6,8H2,(H,13,14). The number of nitrogens with zero attached hydrogens (tertiary/aromatic N) is 1. The van der Waals surface area contributed by atoms with E-state index in [1.807, 2.05) is 12.3 Å². The molecule has 78 valence electrons. The van der Waals surface area contributed by atoms with Gasteiger partial charge in [0.05, 0.1) is 6.20 Å². The van der Waals surface area contributed by atoms with E-state index >= 15 is 0 Å². The van der Waals surface area contributed by atoms with Crippen LogP contribution in [-0.4, -0.2) is 9.97 Å². The second kappa shape index (κ2) is 5.37. The molecule has 15 heavy (non-hydrogen) atoms. The first kappa shape index (κ1) is 10.8. The molecule has 1 aromatic heterocycles. The molecule has 0 spiro atoms. The topological polar surface area (TPSA) is 28.7 Å². The summed E-state index contributed by atoms with van der Waals surface area (Å²) in [6, 6.07) is 10.4. The number of imidazole rings is 1. The van der Waals surface area contributed by atoms with E-state index in [-0.39, 0.29) is 0 Å². The second-order valence-corrected chi connectivity index (χ2v) is 4.65. The van der Waals surface area contributed by atoms with E-state index in [0.717, 1.165) is 21.9 Å². The highest BCUT2D eigenvalue weighted by Gasteiger charge is 2.00. The highest BCUT2D eigenvalue weighted by atomic mass is 79.9. The van der Waals surface area contributed by atoms with Crippen molar-refractivity contribution in [2.45, 2.75) is 16.2 Å². The van der Waals surface area contributed by atoms with Gasteiger partial charge in [-0.25, -0.2) is 4.98 Å². The third-order valence-electron chi connectivity index (χ3n) is 1.97. The van der Waals surface area contributed by atoms with Crippen LogP contribution < -0.4 is 0 Å². The SMILES string of the molecule is BrCc1cnc(SCc2ccccc2)[nH]1. The summed E-state index contributed by atoms with van der Waals surface area (Å²) < 4.78 is 0. The molecule has 0 aliphatic rings. The minimum Gasteiger partial charge on any atom is -0.336 e. The van der Waals surface area contributed by atoms with Crippen LogP contribution in [0.3, 0.4) is 0 Å². The van der Waals surface area contributed by atoms with Crippen LogP contribution in [-0.2, 0) is 11.1 Å². The van der Waals surface area contributed by atoms with Gasteiger partial charge in [-0.3, -0.25) is 0 Å². The summed E-state index contributed by atoms with van der Waals surface area (Å²) in [5.41, 5.74) is 2.44. The van der Waals surface area contributed by atoms with Gasteiger partial charge in [-0.15, -0.1) is 0 Å². The van der Waals surface area contributed by atoms with Crippen LogP contribution in [0.15, 0.2) is 41.7 Å². The first-order valence-electron chi connectivity index (χ1n) is 4.65. The van der Waals surface area contributed by atoms with E-state index in [2.05, 4.69) is 50.2 Å². The van der Waals surface area contributed by atoms with Gasteiger partial charge in [0, 0.05) is 16.8 Å². The Bertz CT molecular complexity index is 414. The van der Waals surface area contributed by atoms with Crippen molar-refractivity contribution in [1.29, 1.82) is 0 Å². The van der Waals surface area contributed by atoms with Crippen LogP contribution in [0, 0.1) is 0 Å². The number of nitrogens with one attached hydrogen (secondary N) is 1. The fourth-order valence-electron chi connectivity index (χ4n) is 1.21. The first-order valence-corrected chi connectivity index (χ1v) is 6.76. The molecule has 0 aliphatic heterocycles. The van der Waals surface area contributed by atoms with Crippen LogP contribution >= 0.6 is 27.7 Å². The van der Waals surface area contributed by atoms with Crippen LogP contribution in [0.4, 0.5) is 0 Å². The van der Waals surface area contributed by atoms with Crippen molar-refractivity contribution < 1.29 is 0 Å². The van der Waals surface area contributed by atoms with E-state index in [1.54, 1.807) is 11.8 Å². The fourth-order valence-corrected chi connectivity index (χ4v) is 2.32. The van der Waals surface area contributed by atoms with Gasteiger partial charge >= 0.3 is 0 Å². The van der Waals surface area contributed by atoms with Gasteiger partial charge in [-0.2, -0.15) is 0 Å². The maximum atomic E-state index is 4.28. The molecular formula is C11H11BrN2S. The number of benzene rings is 1. The minimum atomic E-state index is 0.825. The van der Waals surface area contributed by atoms with Gasteiger partial charge in [0.1, 0.15) is 0 Å². The molecule has 2 nitrogen and oxygen atoms in total. The lowest BCUT2D eigenvalue weighted by Gasteiger charge is -1.97. The first-order chi connectivity index (χ1) is 7.38. The van der Waals surface area contributed by atoms with Crippen molar-refractivity contribution in [2.24, 2.45) is 0 Å². The highest BCUT2D eigenvalue weighted by Crippen LogP contribution is 2.19. The molecule has 1 aromatic carbocycles. The number of aromatic nitrogens is 2. The largest absolute Gasteiger partial charge is 0.336 e. The number of rotatable bonds is 4. The number of halogens is 1. The van der Waals surface area contributed by atoms with Crippen LogP contribution in [0.2, 0.25) is 0 Å². The smallest absolute Gasteiger partial charge is 0.165 e. The molecule has 1 N–H and O–H groups in total. The Hall–Kier alpha value is -0.740. The maximum Gasteiger partial charge on any atom is 0.165 e. The molecule has 0 atom stereocenters. The molecule has 0 aliphatic carbocycles. The summed E-state index contributed by atoms with van der Waals surface area (Å²) >= 11 is 5.11. The quantitative estimate of drug-likeness (QED) is 0.686. The van der Waals surface area contributed by atoms with Gasteiger partial charge in [0.25, 0.3) is 0 Å². The molecule has 0 radical (unpaired) electrons. The average Bonchev–Trinajstić information content (AvgIpc) is 2.76. The fraction of sp³-hybridized carbons (Fsp3) is 0.182. The minimum absolute atomic E-state index is 0.825. The molecule has 4 heteroatoms. The number of aromatic amines is 1. The third kappa shape index (κ3) is 3.11. The van der Waals surface area contributed by atoms with Crippen LogP contribution in [0.25, 0.3) is 0 Å². The predicted molar refractivity (Wildman–Crippen MR) is 67.2 cm³/mol. The second-order valence-electron chi connectivity index (χ2n) is 3.12. The van der Waals surface area contributed by atoms with Crippen molar-refractivity contribution in [2.75, 3.05) is 0 Å².